The summed E-state index contributed by atoms with van der Waals surface area (Å²) in [4.78, 5) is 0. The third-order valence-corrected chi connectivity index (χ3v) is 4.88. The Morgan fingerprint density at radius 1 is 1.11 bits per heavy atom. The molecule has 0 spiro atoms. The van der Waals surface area contributed by atoms with Gasteiger partial charge in [-0.3, -0.25) is 0 Å². The van der Waals surface area contributed by atoms with E-state index in [4.69, 9.17) is 5.73 Å². The van der Waals surface area contributed by atoms with E-state index in [1.807, 2.05) is 0 Å². The summed E-state index contributed by atoms with van der Waals surface area (Å²) in [7, 11) is 0. The summed E-state index contributed by atoms with van der Waals surface area (Å²) >= 11 is 0. The van der Waals surface area contributed by atoms with Gasteiger partial charge in [0.25, 0.3) is 0 Å². The quantitative estimate of drug-likeness (QED) is 0.836. The lowest BCUT2D eigenvalue weighted by Gasteiger charge is -2.43. The van der Waals surface area contributed by atoms with Gasteiger partial charge in [0.1, 0.15) is 0 Å². The predicted molar refractivity (Wildman–Crippen MR) is 78.7 cm³/mol. The Kier molecular flexibility index (Phi) is 3.82. The average molecular weight is 245 g/mol. The summed E-state index contributed by atoms with van der Waals surface area (Å²) in [6, 6.07) is 9.34. The molecule has 1 aromatic carbocycles. The first kappa shape index (κ1) is 13.6. The fraction of sp³-hybridized carbons (Fsp3) is 0.647. The monoisotopic (exact) mass is 245 g/mol. The lowest BCUT2D eigenvalue weighted by Crippen LogP contribution is -2.45. The molecule has 1 fully saturated rings. The Morgan fingerprint density at radius 2 is 1.72 bits per heavy atom. The van der Waals surface area contributed by atoms with Gasteiger partial charge in [-0.1, -0.05) is 57.0 Å². The Morgan fingerprint density at radius 3 is 2.28 bits per heavy atom. The van der Waals surface area contributed by atoms with Gasteiger partial charge in [-0.25, -0.2) is 0 Å². The summed E-state index contributed by atoms with van der Waals surface area (Å²) in [5, 5.41) is 0. The highest BCUT2D eigenvalue weighted by molar-refractivity contribution is 5.29. The van der Waals surface area contributed by atoms with E-state index in [2.05, 4.69) is 52.0 Å². The fourth-order valence-corrected chi connectivity index (χ4v) is 3.52. The van der Waals surface area contributed by atoms with Crippen molar-refractivity contribution in [1.29, 1.82) is 0 Å². The maximum atomic E-state index is 6.42. The van der Waals surface area contributed by atoms with Gasteiger partial charge in [0.15, 0.2) is 0 Å². The van der Waals surface area contributed by atoms with Crippen LogP contribution >= 0.6 is 0 Å². The van der Waals surface area contributed by atoms with Gasteiger partial charge in [-0.15, -0.1) is 0 Å². The molecule has 1 nitrogen and oxygen atoms in total. The van der Waals surface area contributed by atoms with Crippen molar-refractivity contribution >= 4 is 0 Å². The van der Waals surface area contributed by atoms with Crippen LogP contribution in [0.5, 0.6) is 0 Å². The highest BCUT2D eigenvalue weighted by Crippen LogP contribution is 2.41. The highest BCUT2D eigenvalue weighted by atomic mass is 14.7. The Hall–Kier alpha value is -0.820. The van der Waals surface area contributed by atoms with Crippen LogP contribution in [0, 0.1) is 18.8 Å². The van der Waals surface area contributed by atoms with Gasteiger partial charge in [-0.2, -0.15) is 0 Å². The normalized spacial score (nSPS) is 29.3. The van der Waals surface area contributed by atoms with Crippen LogP contribution in [0.25, 0.3) is 0 Å². The first-order valence-corrected chi connectivity index (χ1v) is 7.24. The predicted octanol–water partition coefficient (Wildman–Crippen LogP) is 4.04. The molecule has 0 radical (unpaired) electrons. The number of benzene rings is 1. The van der Waals surface area contributed by atoms with Crippen LogP contribution in [0.1, 0.15) is 51.2 Å². The molecule has 1 aliphatic carbocycles. The molecule has 0 bridgehead atoms. The fourth-order valence-electron chi connectivity index (χ4n) is 3.52. The molecule has 0 aliphatic heterocycles. The maximum absolute atomic E-state index is 6.42. The first-order chi connectivity index (χ1) is 8.41. The Balaban J connectivity index is 2.22. The molecule has 0 amide bonds. The van der Waals surface area contributed by atoms with E-state index in [-0.39, 0.29) is 5.41 Å². The number of nitrogens with two attached hydrogens (primary N) is 1. The van der Waals surface area contributed by atoms with E-state index in [1.54, 1.807) is 0 Å². The summed E-state index contributed by atoms with van der Waals surface area (Å²) < 4.78 is 0. The Bertz CT molecular complexity index is 391. The average Bonchev–Trinajstić information content (AvgIpc) is 2.29. The van der Waals surface area contributed by atoms with Crippen molar-refractivity contribution in [1.82, 2.24) is 0 Å². The number of hydrogen-bond donors (Lipinski definition) is 1. The molecule has 3 atom stereocenters. The molecule has 1 saturated carbocycles. The summed E-state index contributed by atoms with van der Waals surface area (Å²) in [6.07, 6.45) is 3.77. The molecule has 0 aromatic heterocycles. The summed E-state index contributed by atoms with van der Waals surface area (Å²) in [5.74, 6) is 1.40. The lowest BCUT2D eigenvalue weighted by molar-refractivity contribution is 0.171. The number of aryl methyl sites for hydroxylation is 1. The van der Waals surface area contributed by atoms with E-state index in [9.17, 15) is 0 Å². The van der Waals surface area contributed by atoms with Gasteiger partial charge in [0, 0.05) is 6.04 Å². The lowest BCUT2D eigenvalue weighted by atomic mass is 9.64. The third-order valence-electron chi connectivity index (χ3n) is 4.88. The molecule has 1 heteroatoms. The third kappa shape index (κ3) is 2.61. The molecular weight excluding hydrogens is 218 g/mol. The van der Waals surface area contributed by atoms with Crippen molar-refractivity contribution in [2.75, 3.05) is 0 Å². The highest BCUT2D eigenvalue weighted by Gasteiger charge is 2.38. The zero-order valence-electron chi connectivity index (χ0n) is 12.2. The van der Waals surface area contributed by atoms with Crippen LogP contribution in [0.15, 0.2) is 24.3 Å². The van der Waals surface area contributed by atoms with Crippen molar-refractivity contribution in [2.24, 2.45) is 17.6 Å². The molecule has 100 valence electrons. The molecule has 18 heavy (non-hydrogen) atoms. The minimum absolute atomic E-state index is 0.188. The molecular formula is C17H27N. The molecule has 0 saturated heterocycles. The van der Waals surface area contributed by atoms with Crippen molar-refractivity contribution in [3.05, 3.63) is 35.4 Å². The topological polar surface area (TPSA) is 26.0 Å². The molecule has 0 heterocycles. The van der Waals surface area contributed by atoms with Crippen LogP contribution in [-0.4, -0.2) is 6.04 Å². The first-order valence-electron chi connectivity index (χ1n) is 7.24. The van der Waals surface area contributed by atoms with Gasteiger partial charge in [0.05, 0.1) is 0 Å². The molecule has 3 unspecified atom stereocenters. The van der Waals surface area contributed by atoms with E-state index in [0.717, 1.165) is 5.92 Å². The van der Waals surface area contributed by atoms with Crippen LogP contribution in [0.2, 0.25) is 0 Å². The summed E-state index contributed by atoms with van der Waals surface area (Å²) in [5.41, 5.74) is 9.37. The molecule has 2 rings (SSSR count). The minimum Gasteiger partial charge on any atom is -0.327 e. The smallest absolute Gasteiger partial charge is 0.00780 e. The Labute approximate surface area is 112 Å². The number of rotatable bonds is 2. The molecule has 1 aliphatic rings. The van der Waals surface area contributed by atoms with E-state index >= 15 is 0 Å². The van der Waals surface area contributed by atoms with Gasteiger partial charge in [-0.05, 0) is 42.6 Å². The van der Waals surface area contributed by atoms with E-state index < -0.39 is 0 Å². The molecule has 1 aromatic rings. The van der Waals surface area contributed by atoms with Gasteiger partial charge < -0.3 is 5.73 Å². The minimum atomic E-state index is 0.188. The van der Waals surface area contributed by atoms with Crippen molar-refractivity contribution in [2.45, 2.75) is 58.4 Å². The second-order valence-electron chi connectivity index (χ2n) is 6.78. The van der Waals surface area contributed by atoms with Crippen LogP contribution in [-0.2, 0) is 5.41 Å². The van der Waals surface area contributed by atoms with Crippen molar-refractivity contribution in [3.63, 3.8) is 0 Å². The molecule has 2 N–H and O–H groups in total. The van der Waals surface area contributed by atoms with Crippen molar-refractivity contribution < 1.29 is 0 Å². The largest absolute Gasteiger partial charge is 0.327 e. The van der Waals surface area contributed by atoms with E-state index in [1.165, 1.54) is 30.4 Å². The second kappa shape index (κ2) is 5.05. The maximum Gasteiger partial charge on any atom is 0.00780 e. The van der Waals surface area contributed by atoms with Crippen LogP contribution < -0.4 is 5.73 Å². The zero-order chi connectivity index (χ0) is 13.3. The number of hydrogen-bond acceptors (Lipinski definition) is 1. The van der Waals surface area contributed by atoms with E-state index in [0.29, 0.717) is 12.0 Å². The summed E-state index contributed by atoms with van der Waals surface area (Å²) in [6.45, 7) is 9.19. The van der Waals surface area contributed by atoms with Crippen LogP contribution in [0.4, 0.5) is 0 Å². The second-order valence-corrected chi connectivity index (χ2v) is 6.78. The van der Waals surface area contributed by atoms with Crippen molar-refractivity contribution in [3.8, 4) is 0 Å². The van der Waals surface area contributed by atoms with Gasteiger partial charge in [0.2, 0.25) is 0 Å². The van der Waals surface area contributed by atoms with Gasteiger partial charge >= 0.3 is 0 Å². The standard InChI is InChI=1S/C17H27N/c1-12-5-8-14(9-6-12)17(3,4)15-10-7-13(2)11-16(15)18/h5-6,8-9,13,15-16H,7,10-11,18H2,1-4H3. The zero-order valence-corrected chi connectivity index (χ0v) is 12.2. The SMILES string of the molecule is Cc1ccc(C(C)(C)C2CCC(C)CC2N)cc1. The van der Waals surface area contributed by atoms with Crippen LogP contribution in [0.3, 0.4) is 0 Å².